The molecule has 16 heteroatoms. The van der Waals surface area contributed by atoms with E-state index >= 15 is 0 Å². The van der Waals surface area contributed by atoms with E-state index in [1.54, 1.807) is 18.2 Å². The largest absolute Gasteiger partial charge is 0.416 e. The molecule has 3 aliphatic rings. The zero-order valence-corrected chi connectivity index (χ0v) is 24.5. The standard InChI is InChI=1S/C14H14ClN3O4S.C12H12ClN3O3/c15-9-5-10(11(19)7-18-13(20)8-23-14(18)21)16-12(6-9)17-1-3-22-4-2-17;13-8-5-9(10-7-14-12(17)19-10)15-11(6-8)16-1-3-18-4-2-16/h5-6H,1-4,7-8H2;5-7H,1-4H2,(H,14,17). The Morgan fingerprint density at radius 2 is 1.48 bits per heavy atom. The number of aromatic amines is 1. The van der Waals surface area contributed by atoms with Gasteiger partial charge in [0.15, 0.2) is 5.76 Å². The number of hydrogen-bond acceptors (Lipinski definition) is 12. The molecule has 1 N–H and O–H groups in total. The third-order valence-electron chi connectivity index (χ3n) is 6.43. The molecule has 0 unspecified atom stereocenters. The summed E-state index contributed by atoms with van der Waals surface area (Å²) in [6.45, 7) is 5.08. The van der Waals surface area contributed by atoms with E-state index in [0.717, 1.165) is 35.6 Å². The number of carbonyl (C=O) groups excluding carboxylic acids is 3. The van der Waals surface area contributed by atoms with Crippen molar-refractivity contribution in [1.82, 2.24) is 19.9 Å². The molecule has 0 aromatic carbocycles. The fourth-order valence-electron chi connectivity index (χ4n) is 4.31. The highest BCUT2D eigenvalue weighted by Crippen LogP contribution is 2.26. The maximum Gasteiger partial charge on any atom is 0.416 e. The summed E-state index contributed by atoms with van der Waals surface area (Å²) >= 11 is 13.1. The number of anilines is 2. The predicted molar refractivity (Wildman–Crippen MR) is 157 cm³/mol. The second kappa shape index (κ2) is 13.7. The van der Waals surface area contributed by atoms with Crippen LogP contribution in [-0.2, 0) is 14.3 Å². The van der Waals surface area contributed by atoms with E-state index < -0.39 is 16.8 Å². The Morgan fingerprint density at radius 1 is 0.881 bits per heavy atom. The Balaban J connectivity index is 0.000000171. The van der Waals surface area contributed by atoms with Crippen LogP contribution in [0.5, 0.6) is 0 Å². The number of aromatic nitrogens is 3. The van der Waals surface area contributed by atoms with Crippen LogP contribution in [-0.4, -0.2) is 102 Å². The van der Waals surface area contributed by atoms with E-state index in [1.807, 2.05) is 4.90 Å². The van der Waals surface area contributed by atoms with Gasteiger partial charge in [-0.2, -0.15) is 0 Å². The molecular formula is C26H26Cl2N6O7S. The number of nitrogens with zero attached hydrogens (tertiary/aromatic N) is 5. The van der Waals surface area contributed by atoms with Gasteiger partial charge in [-0.05, 0) is 24.3 Å². The first kappa shape index (κ1) is 30.0. The second-order valence-corrected chi connectivity index (χ2v) is 11.1. The van der Waals surface area contributed by atoms with Gasteiger partial charge >= 0.3 is 5.76 Å². The first-order chi connectivity index (χ1) is 20.3. The number of nitrogens with one attached hydrogen (secondary N) is 1. The maximum absolute atomic E-state index is 12.4. The molecule has 3 aliphatic heterocycles. The average Bonchev–Trinajstić information content (AvgIpc) is 3.58. The van der Waals surface area contributed by atoms with Crippen molar-refractivity contribution in [2.24, 2.45) is 0 Å². The number of rotatable bonds is 6. The number of Topliss-reactive ketones (excluding diaryl/α,β-unsaturated/α-hetero) is 1. The van der Waals surface area contributed by atoms with Crippen LogP contribution in [0.2, 0.25) is 10.0 Å². The Hall–Kier alpha value is -3.43. The van der Waals surface area contributed by atoms with Crippen LogP contribution in [0.15, 0.2) is 39.7 Å². The molecule has 0 radical (unpaired) electrons. The fraction of sp³-hybridized carbons (Fsp3) is 0.385. The van der Waals surface area contributed by atoms with Gasteiger partial charge in [0.05, 0.1) is 44.9 Å². The summed E-state index contributed by atoms with van der Waals surface area (Å²) in [5.74, 6) is 0.530. The third-order valence-corrected chi connectivity index (χ3v) is 7.72. The van der Waals surface area contributed by atoms with Gasteiger partial charge in [0, 0.05) is 36.2 Å². The number of imide groups is 1. The molecule has 222 valence electrons. The van der Waals surface area contributed by atoms with Crippen LogP contribution in [0.3, 0.4) is 0 Å². The molecule has 0 bridgehead atoms. The van der Waals surface area contributed by atoms with Crippen LogP contribution in [0.1, 0.15) is 10.5 Å². The van der Waals surface area contributed by atoms with Gasteiger partial charge in [-0.25, -0.2) is 14.8 Å². The number of oxazole rings is 1. The average molecular weight is 638 g/mol. The van der Waals surface area contributed by atoms with Crippen molar-refractivity contribution >= 4 is 63.5 Å². The minimum absolute atomic E-state index is 0.0775. The third kappa shape index (κ3) is 7.50. The van der Waals surface area contributed by atoms with Crippen LogP contribution in [0, 0.1) is 0 Å². The van der Waals surface area contributed by atoms with Gasteiger partial charge in [-0.1, -0.05) is 35.0 Å². The van der Waals surface area contributed by atoms with Gasteiger partial charge in [0.1, 0.15) is 23.0 Å². The van der Waals surface area contributed by atoms with Crippen molar-refractivity contribution in [2.75, 3.05) is 74.7 Å². The molecule has 3 saturated heterocycles. The number of thioether (sulfide) groups is 1. The van der Waals surface area contributed by atoms with E-state index in [0.29, 0.717) is 66.8 Å². The quantitative estimate of drug-likeness (QED) is 0.396. The number of ketones is 1. The van der Waals surface area contributed by atoms with Crippen LogP contribution in [0.4, 0.5) is 16.4 Å². The van der Waals surface area contributed by atoms with Crippen molar-refractivity contribution in [3.63, 3.8) is 0 Å². The van der Waals surface area contributed by atoms with Gasteiger partial charge in [0.25, 0.3) is 5.24 Å². The summed E-state index contributed by atoms with van der Waals surface area (Å²) in [4.78, 5) is 62.8. The van der Waals surface area contributed by atoms with Gasteiger partial charge < -0.3 is 23.7 Å². The Kier molecular flexibility index (Phi) is 9.80. The molecule has 42 heavy (non-hydrogen) atoms. The van der Waals surface area contributed by atoms with E-state index in [1.165, 1.54) is 12.3 Å². The highest BCUT2D eigenvalue weighted by molar-refractivity contribution is 8.14. The molecule has 3 fully saturated rings. The van der Waals surface area contributed by atoms with E-state index in [2.05, 4.69) is 19.9 Å². The lowest BCUT2D eigenvalue weighted by atomic mass is 10.2. The Bertz CT molecular complexity index is 1500. The highest BCUT2D eigenvalue weighted by Gasteiger charge is 2.32. The van der Waals surface area contributed by atoms with Gasteiger partial charge in [-0.3, -0.25) is 24.3 Å². The lowest BCUT2D eigenvalue weighted by molar-refractivity contribution is -0.124. The van der Waals surface area contributed by atoms with Crippen LogP contribution >= 0.6 is 35.0 Å². The van der Waals surface area contributed by atoms with Crippen LogP contribution < -0.4 is 15.6 Å². The Morgan fingerprint density at radius 3 is 2.02 bits per heavy atom. The molecule has 0 spiro atoms. The summed E-state index contributed by atoms with van der Waals surface area (Å²) in [6.07, 6.45) is 1.48. The van der Waals surface area contributed by atoms with Crippen molar-refractivity contribution in [3.8, 4) is 11.5 Å². The molecule has 0 atom stereocenters. The SMILES string of the molecule is O=C(CN1C(=O)CSC1=O)c1cc(Cl)cc(N2CCOCC2)n1.O=c1[nH]cc(-c2cc(Cl)cc(N3CCOCC3)n2)o1. The fourth-order valence-corrected chi connectivity index (χ4v) is 5.44. The molecule has 13 nitrogen and oxygen atoms in total. The van der Waals surface area contributed by atoms with Gasteiger partial charge in [0.2, 0.25) is 11.7 Å². The van der Waals surface area contributed by atoms with Crippen LogP contribution in [0.25, 0.3) is 11.5 Å². The predicted octanol–water partition coefficient (Wildman–Crippen LogP) is 2.97. The number of amides is 2. The zero-order chi connectivity index (χ0) is 29.6. The van der Waals surface area contributed by atoms with E-state index in [-0.39, 0.29) is 23.9 Å². The minimum atomic E-state index is -0.510. The lowest BCUT2D eigenvalue weighted by Crippen LogP contribution is -2.37. The number of halogens is 2. The molecular weight excluding hydrogens is 611 g/mol. The van der Waals surface area contributed by atoms with Crippen molar-refractivity contribution in [3.05, 3.63) is 56.8 Å². The number of pyridine rings is 2. The minimum Gasteiger partial charge on any atom is -0.406 e. The normalized spacial score (nSPS) is 17.3. The number of hydrogen-bond donors (Lipinski definition) is 1. The second-order valence-electron chi connectivity index (χ2n) is 9.26. The molecule has 2 amide bonds. The highest BCUT2D eigenvalue weighted by atomic mass is 35.5. The molecule has 6 rings (SSSR count). The molecule has 0 aliphatic carbocycles. The topological polar surface area (TPSA) is 151 Å². The van der Waals surface area contributed by atoms with E-state index in [9.17, 15) is 19.2 Å². The van der Waals surface area contributed by atoms with Crippen molar-refractivity contribution in [2.45, 2.75) is 0 Å². The first-order valence-corrected chi connectivity index (χ1v) is 14.7. The van der Waals surface area contributed by atoms with Crippen molar-refractivity contribution < 1.29 is 28.3 Å². The number of H-pyrrole nitrogens is 1. The van der Waals surface area contributed by atoms with Crippen molar-refractivity contribution in [1.29, 1.82) is 0 Å². The zero-order valence-electron chi connectivity index (χ0n) is 22.2. The number of ether oxygens (including phenoxy) is 2. The Labute approximate surface area is 254 Å². The lowest BCUT2D eigenvalue weighted by Gasteiger charge is -2.28. The summed E-state index contributed by atoms with van der Waals surface area (Å²) < 4.78 is 15.6. The maximum atomic E-state index is 12.4. The molecule has 3 aromatic rings. The molecule has 6 heterocycles. The first-order valence-electron chi connectivity index (χ1n) is 13.0. The summed E-state index contributed by atoms with van der Waals surface area (Å²) in [5, 5.41) is 0.535. The number of morpholine rings is 2. The summed E-state index contributed by atoms with van der Waals surface area (Å²) in [6, 6.07) is 6.59. The number of carbonyl (C=O) groups is 3. The summed E-state index contributed by atoms with van der Waals surface area (Å²) in [7, 11) is 0. The smallest absolute Gasteiger partial charge is 0.406 e. The molecule has 3 aromatic heterocycles. The monoisotopic (exact) mass is 636 g/mol. The van der Waals surface area contributed by atoms with E-state index in [4.69, 9.17) is 37.1 Å². The van der Waals surface area contributed by atoms with Gasteiger partial charge in [-0.15, -0.1) is 0 Å². The molecule has 0 saturated carbocycles. The summed E-state index contributed by atoms with van der Waals surface area (Å²) in [5.41, 5.74) is 0.684.